The number of hydrogen-bond donors (Lipinski definition) is 1. The Morgan fingerprint density at radius 1 is 0.808 bits per heavy atom. The summed E-state index contributed by atoms with van der Waals surface area (Å²) in [6.45, 7) is -2.48. The number of carboxylic acid groups (broad SMARTS) is 1. The van der Waals surface area contributed by atoms with Crippen LogP contribution in [0, 0.1) is 34.7 Å². The van der Waals surface area contributed by atoms with Gasteiger partial charge in [-0.3, -0.25) is 9.59 Å². The number of sulfone groups is 1. The molecule has 1 saturated heterocycles. The summed E-state index contributed by atoms with van der Waals surface area (Å²) in [7, 11) is -4.63. The number of likely N-dealkylation sites (tertiary alicyclic amines) is 1. The monoisotopic (exact) mass is 763 g/mol. The van der Waals surface area contributed by atoms with E-state index in [1.807, 2.05) is 0 Å². The minimum Gasteiger partial charge on any atom is -0.481 e. The lowest BCUT2D eigenvalue weighted by atomic mass is 9.48. The van der Waals surface area contributed by atoms with Gasteiger partial charge in [-0.15, -0.1) is 0 Å². The molecule has 2 aliphatic carbocycles. The largest absolute Gasteiger partial charge is 0.481 e. The van der Waals surface area contributed by atoms with Crippen molar-refractivity contribution in [2.75, 3.05) is 13.1 Å². The van der Waals surface area contributed by atoms with E-state index in [0.717, 1.165) is 42.5 Å². The van der Waals surface area contributed by atoms with Crippen molar-refractivity contribution in [1.82, 2.24) is 4.90 Å². The summed E-state index contributed by atoms with van der Waals surface area (Å²) < 4.78 is 160. The third-order valence-corrected chi connectivity index (χ3v) is 13.2. The van der Waals surface area contributed by atoms with Crippen LogP contribution in [0.25, 0.3) is 0 Å². The number of carboxylic acids is 1. The molecular formula is C35H30F9NO6S. The molecule has 3 aliphatic rings. The number of halogens is 9. The number of alkyl halides is 6. The third kappa shape index (κ3) is 6.02. The van der Waals surface area contributed by atoms with Crippen LogP contribution in [0.1, 0.15) is 48.8 Å². The molecule has 3 aromatic carbocycles. The number of nitrogens with zero attached hydrogens (tertiary/aromatic N) is 1. The molecule has 1 spiro atoms. The van der Waals surface area contributed by atoms with Crippen molar-refractivity contribution < 1.29 is 67.4 Å². The molecule has 17 heteroatoms. The zero-order valence-corrected chi connectivity index (χ0v) is 27.7. The van der Waals surface area contributed by atoms with E-state index in [4.69, 9.17) is 0 Å². The van der Waals surface area contributed by atoms with Crippen molar-refractivity contribution in [1.29, 1.82) is 0 Å². The van der Waals surface area contributed by atoms with Gasteiger partial charge in [0.25, 0.3) is 5.60 Å². The van der Waals surface area contributed by atoms with Gasteiger partial charge in [-0.05, 0) is 79.5 Å². The van der Waals surface area contributed by atoms with Gasteiger partial charge in [0.2, 0.25) is 5.91 Å². The van der Waals surface area contributed by atoms with Crippen LogP contribution in [0.4, 0.5) is 39.5 Å². The Kier molecular flexibility index (Phi) is 9.25. The Morgan fingerprint density at radius 2 is 1.35 bits per heavy atom. The maximum atomic E-state index is 14.5. The van der Waals surface area contributed by atoms with E-state index < -0.39 is 103 Å². The van der Waals surface area contributed by atoms with Gasteiger partial charge < -0.3 is 14.7 Å². The molecular weight excluding hydrogens is 733 g/mol. The Labute approximate surface area is 291 Å². The van der Waals surface area contributed by atoms with Crippen molar-refractivity contribution in [3.63, 3.8) is 0 Å². The van der Waals surface area contributed by atoms with E-state index in [9.17, 15) is 62.6 Å². The van der Waals surface area contributed by atoms with E-state index in [0.29, 0.717) is 49.9 Å². The first-order valence-electron chi connectivity index (χ1n) is 16.0. The standard InChI is InChI=1S/C35H30F9NO6S/c36-24-8-10-25(11-9-24)52(49,50)32(12-13-45(19-32)29(46)20-14-31(15-20)16-21(17-31)30(47)48)22-4-6-23(7-5-22)33(34(39,40)41,35(42,43)44)51-18-26-27(37)2-1-3-28(26)38/h1-11,20-21H,12-19H2,(H,47,48)/t20?,21?,31?,32-/m1/s1. The molecule has 2 saturated carbocycles. The van der Waals surface area contributed by atoms with E-state index in [2.05, 4.69) is 4.74 Å². The Morgan fingerprint density at radius 3 is 1.87 bits per heavy atom. The van der Waals surface area contributed by atoms with Crippen molar-refractivity contribution in [3.8, 4) is 0 Å². The number of rotatable bonds is 9. The van der Waals surface area contributed by atoms with Crippen LogP contribution in [0.2, 0.25) is 0 Å². The van der Waals surface area contributed by atoms with Gasteiger partial charge in [0.15, 0.2) is 9.84 Å². The van der Waals surface area contributed by atoms with Crippen LogP contribution < -0.4 is 0 Å². The highest BCUT2D eigenvalue weighted by Gasteiger charge is 2.73. The molecule has 1 N–H and O–H groups in total. The summed E-state index contributed by atoms with van der Waals surface area (Å²) in [6.07, 6.45) is -11.3. The van der Waals surface area contributed by atoms with E-state index in [-0.39, 0.29) is 23.9 Å². The SMILES string of the molecule is O=C(O)C1CC2(C1)CC(C(=O)N1CC[C@@](c3ccc(C(OCc4c(F)cccc4F)(C(F)(F)F)C(F)(F)F)cc3)(S(=O)(=O)c3ccc(F)cc3)C1)C2. The fraction of sp³-hybridized carbons (Fsp3) is 0.429. The summed E-state index contributed by atoms with van der Waals surface area (Å²) in [5, 5.41) is 9.22. The molecule has 1 amide bonds. The highest BCUT2D eigenvalue weighted by molar-refractivity contribution is 7.92. The molecule has 280 valence electrons. The molecule has 1 atom stereocenters. The molecule has 1 aliphatic heterocycles. The lowest BCUT2D eigenvalue weighted by Gasteiger charge is -2.56. The highest BCUT2D eigenvalue weighted by Crippen LogP contribution is 2.62. The second kappa shape index (κ2) is 12.8. The molecule has 0 aromatic heterocycles. The zero-order chi connectivity index (χ0) is 38.1. The van der Waals surface area contributed by atoms with Crippen molar-refractivity contribution in [3.05, 3.63) is 101 Å². The van der Waals surface area contributed by atoms with Crippen LogP contribution in [-0.2, 0) is 41.1 Å². The van der Waals surface area contributed by atoms with Crippen LogP contribution in [0.5, 0.6) is 0 Å². The number of amides is 1. The Balaban J connectivity index is 1.36. The smallest absolute Gasteiger partial charge is 0.430 e. The number of ether oxygens (including phenoxy) is 1. The molecule has 6 rings (SSSR count). The van der Waals surface area contributed by atoms with Crippen LogP contribution >= 0.6 is 0 Å². The average Bonchev–Trinajstić information content (AvgIpc) is 3.48. The second-order valence-corrected chi connectivity index (χ2v) is 16.0. The van der Waals surface area contributed by atoms with Gasteiger partial charge in [0.1, 0.15) is 22.2 Å². The molecule has 3 aromatic rings. The fourth-order valence-corrected chi connectivity index (χ4v) is 10.0. The van der Waals surface area contributed by atoms with Crippen molar-refractivity contribution >= 4 is 21.7 Å². The number of benzene rings is 3. The lowest BCUT2D eigenvalue weighted by Crippen LogP contribution is -2.56. The minimum atomic E-state index is -6.24. The summed E-state index contributed by atoms with van der Waals surface area (Å²) >= 11 is 0. The maximum Gasteiger partial charge on any atom is 0.430 e. The summed E-state index contributed by atoms with van der Waals surface area (Å²) in [6, 6.07) is 7.93. The van der Waals surface area contributed by atoms with E-state index in [1.54, 1.807) is 0 Å². The van der Waals surface area contributed by atoms with Gasteiger partial charge >= 0.3 is 18.3 Å². The number of carbonyl (C=O) groups is 2. The number of hydrogen-bond acceptors (Lipinski definition) is 5. The van der Waals surface area contributed by atoms with E-state index >= 15 is 0 Å². The van der Waals surface area contributed by atoms with Crippen LogP contribution in [0.3, 0.4) is 0 Å². The number of aliphatic carboxylic acids is 1. The number of carbonyl (C=O) groups excluding carboxylic acids is 1. The average molecular weight is 764 g/mol. The molecule has 3 fully saturated rings. The third-order valence-electron chi connectivity index (χ3n) is 10.7. The molecule has 0 unspecified atom stereocenters. The first kappa shape index (κ1) is 37.6. The van der Waals surface area contributed by atoms with Crippen molar-refractivity contribution in [2.24, 2.45) is 17.3 Å². The van der Waals surface area contributed by atoms with E-state index in [1.165, 1.54) is 4.90 Å². The normalized spacial score (nSPS) is 25.1. The van der Waals surface area contributed by atoms with Gasteiger partial charge in [-0.25, -0.2) is 21.6 Å². The van der Waals surface area contributed by atoms with Gasteiger partial charge in [-0.2, -0.15) is 26.3 Å². The topological polar surface area (TPSA) is 101 Å². The fourth-order valence-electron chi connectivity index (χ4n) is 7.93. The maximum absolute atomic E-state index is 14.5. The van der Waals surface area contributed by atoms with Crippen LogP contribution in [-0.4, -0.2) is 55.7 Å². The predicted octanol–water partition coefficient (Wildman–Crippen LogP) is 7.43. The van der Waals surface area contributed by atoms with Gasteiger partial charge in [-0.1, -0.05) is 30.3 Å². The van der Waals surface area contributed by atoms with Gasteiger partial charge in [0.05, 0.1) is 17.4 Å². The molecule has 1 heterocycles. The first-order valence-corrected chi connectivity index (χ1v) is 17.5. The van der Waals surface area contributed by atoms with Gasteiger partial charge in [0, 0.05) is 30.1 Å². The Bertz CT molecular complexity index is 1930. The minimum absolute atomic E-state index is 0.158. The first-order chi connectivity index (χ1) is 24.2. The lowest BCUT2D eigenvalue weighted by molar-refractivity contribution is -0.392. The highest BCUT2D eigenvalue weighted by atomic mass is 32.2. The second-order valence-electron chi connectivity index (χ2n) is 13.8. The quantitative estimate of drug-likeness (QED) is 0.180. The molecule has 0 bridgehead atoms. The predicted molar refractivity (Wildman–Crippen MR) is 163 cm³/mol. The van der Waals surface area contributed by atoms with Crippen LogP contribution in [0.15, 0.2) is 71.6 Å². The zero-order valence-electron chi connectivity index (χ0n) is 26.9. The summed E-state index contributed by atoms with van der Waals surface area (Å²) in [5.41, 5.74) is -8.45. The van der Waals surface area contributed by atoms with Crippen molar-refractivity contribution in [2.45, 2.75) is 66.3 Å². The molecule has 7 nitrogen and oxygen atoms in total. The molecule has 0 radical (unpaired) electrons. The Hall–Kier alpha value is -4.12. The summed E-state index contributed by atoms with van der Waals surface area (Å²) in [5.74, 6) is -6.11. The molecule has 52 heavy (non-hydrogen) atoms. The summed E-state index contributed by atoms with van der Waals surface area (Å²) in [4.78, 5) is 25.7.